The predicted molar refractivity (Wildman–Crippen MR) is 95.6 cm³/mol. The van der Waals surface area contributed by atoms with Crippen molar-refractivity contribution in [1.29, 1.82) is 0 Å². The van der Waals surface area contributed by atoms with E-state index in [1.165, 1.54) is 7.11 Å². The van der Waals surface area contributed by atoms with Crippen molar-refractivity contribution in [1.82, 2.24) is 5.32 Å². The molecule has 1 heterocycles. The van der Waals surface area contributed by atoms with Gasteiger partial charge in [0.2, 0.25) is 0 Å². The SMILES string of the molecule is COC(=O)C1=C(C)NC2=C(C(=O)CCC2)C1c1ccc(I)cc1. The summed E-state index contributed by atoms with van der Waals surface area (Å²) in [5.41, 5.74) is 3.93. The van der Waals surface area contributed by atoms with E-state index >= 15 is 0 Å². The van der Waals surface area contributed by atoms with E-state index in [-0.39, 0.29) is 17.7 Å². The van der Waals surface area contributed by atoms with Gasteiger partial charge in [0.05, 0.1) is 12.7 Å². The third-order valence-corrected chi connectivity index (χ3v) is 5.10. The molecule has 0 saturated carbocycles. The quantitative estimate of drug-likeness (QED) is 0.585. The fraction of sp³-hybridized carbons (Fsp3) is 0.333. The molecule has 1 aliphatic carbocycles. The molecule has 1 N–H and O–H groups in total. The van der Waals surface area contributed by atoms with Crippen LogP contribution in [0.25, 0.3) is 0 Å². The highest BCUT2D eigenvalue weighted by atomic mass is 127. The monoisotopic (exact) mass is 423 g/mol. The van der Waals surface area contributed by atoms with E-state index in [1.807, 2.05) is 31.2 Å². The number of dihydropyridines is 1. The van der Waals surface area contributed by atoms with Gasteiger partial charge in [0.1, 0.15) is 0 Å². The highest BCUT2D eigenvalue weighted by Crippen LogP contribution is 2.42. The lowest BCUT2D eigenvalue weighted by Crippen LogP contribution is -2.34. The Hall–Kier alpha value is -1.63. The number of hydrogen-bond donors (Lipinski definition) is 1. The van der Waals surface area contributed by atoms with Crippen LogP contribution < -0.4 is 5.32 Å². The number of nitrogens with one attached hydrogen (secondary N) is 1. The topological polar surface area (TPSA) is 55.4 Å². The first kappa shape index (κ1) is 16.2. The molecule has 1 unspecified atom stereocenters. The van der Waals surface area contributed by atoms with E-state index in [4.69, 9.17) is 4.74 Å². The van der Waals surface area contributed by atoms with Crippen LogP contribution in [0.2, 0.25) is 0 Å². The van der Waals surface area contributed by atoms with Crippen LogP contribution in [-0.2, 0) is 14.3 Å². The molecule has 0 saturated heterocycles. The van der Waals surface area contributed by atoms with Gasteiger partial charge in [-0.25, -0.2) is 4.79 Å². The van der Waals surface area contributed by atoms with Gasteiger partial charge in [-0.3, -0.25) is 4.79 Å². The molecule has 1 aromatic rings. The molecule has 1 aliphatic heterocycles. The number of esters is 1. The van der Waals surface area contributed by atoms with Crippen molar-refractivity contribution in [3.63, 3.8) is 0 Å². The Kier molecular flexibility index (Phi) is 4.57. The summed E-state index contributed by atoms with van der Waals surface area (Å²) in [5.74, 6) is -0.608. The number of carbonyl (C=O) groups is 2. The summed E-state index contributed by atoms with van der Waals surface area (Å²) in [6, 6.07) is 7.96. The molecule has 23 heavy (non-hydrogen) atoms. The number of ketones is 1. The molecule has 4 nitrogen and oxygen atoms in total. The predicted octanol–water partition coefficient (Wildman–Crippen LogP) is 3.43. The number of carbonyl (C=O) groups excluding carboxylic acids is 2. The Morgan fingerprint density at radius 3 is 2.61 bits per heavy atom. The number of benzene rings is 1. The van der Waals surface area contributed by atoms with Gasteiger partial charge in [-0.05, 0) is 60.1 Å². The van der Waals surface area contributed by atoms with Crippen molar-refractivity contribution in [2.45, 2.75) is 32.1 Å². The molecule has 0 radical (unpaired) electrons. The van der Waals surface area contributed by atoms with Crippen molar-refractivity contribution < 1.29 is 14.3 Å². The summed E-state index contributed by atoms with van der Waals surface area (Å²) in [6.45, 7) is 1.87. The summed E-state index contributed by atoms with van der Waals surface area (Å²) in [6.07, 6.45) is 2.23. The number of Topliss-reactive ketones (excluding diaryl/α,β-unsaturated/α-hetero) is 1. The molecule has 0 aromatic heterocycles. The third-order valence-electron chi connectivity index (χ3n) is 4.38. The molecule has 0 spiro atoms. The van der Waals surface area contributed by atoms with Gasteiger partial charge in [0.25, 0.3) is 0 Å². The second-order valence-corrected chi connectivity index (χ2v) is 7.05. The van der Waals surface area contributed by atoms with Gasteiger partial charge in [-0.2, -0.15) is 0 Å². The summed E-state index contributed by atoms with van der Waals surface area (Å²) >= 11 is 2.24. The molecular formula is C18H18INO3. The van der Waals surface area contributed by atoms with Crippen LogP contribution in [0.1, 0.15) is 37.7 Å². The van der Waals surface area contributed by atoms with Crippen molar-refractivity contribution in [2.24, 2.45) is 0 Å². The Labute approximate surface area is 149 Å². The molecular weight excluding hydrogens is 405 g/mol. The van der Waals surface area contributed by atoms with E-state index in [0.29, 0.717) is 12.0 Å². The zero-order valence-electron chi connectivity index (χ0n) is 13.1. The first-order chi connectivity index (χ1) is 11.0. The first-order valence-corrected chi connectivity index (χ1v) is 8.68. The van der Waals surface area contributed by atoms with E-state index in [9.17, 15) is 9.59 Å². The van der Waals surface area contributed by atoms with Crippen LogP contribution >= 0.6 is 22.6 Å². The minimum absolute atomic E-state index is 0.121. The maximum atomic E-state index is 12.6. The Bertz CT molecular complexity index is 731. The van der Waals surface area contributed by atoms with E-state index in [0.717, 1.165) is 38.9 Å². The maximum Gasteiger partial charge on any atom is 0.336 e. The smallest absolute Gasteiger partial charge is 0.336 e. The number of methoxy groups -OCH3 is 1. The highest BCUT2D eigenvalue weighted by Gasteiger charge is 2.38. The number of allylic oxidation sites excluding steroid dienone is 3. The second kappa shape index (κ2) is 6.47. The minimum Gasteiger partial charge on any atom is -0.466 e. The summed E-state index contributed by atoms with van der Waals surface area (Å²) in [5, 5.41) is 3.26. The molecule has 0 bridgehead atoms. The number of hydrogen-bond acceptors (Lipinski definition) is 4. The molecule has 3 rings (SSSR count). The largest absolute Gasteiger partial charge is 0.466 e. The Morgan fingerprint density at radius 2 is 1.96 bits per heavy atom. The average Bonchev–Trinajstić information content (AvgIpc) is 2.54. The van der Waals surface area contributed by atoms with Crippen LogP contribution in [0.5, 0.6) is 0 Å². The molecule has 0 amide bonds. The van der Waals surface area contributed by atoms with Crippen molar-refractivity contribution in [2.75, 3.05) is 7.11 Å². The number of halogens is 1. The van der Waals surface area contributed by atoms with Gasteiger partial charge in [0, 0.05) is 32.9 Å². The second-order valence-electron chi connectivity index (χ2n) is 5.81. The van der Waals surface area contributed by atoms with Crippen molar-refractivity contribution in [3.05, 3.63) is 55.9 Å². The number of ether oxygens (including phenoxy) is 1. The van der Waals surface area contributed by atoms with Gasteiger partial charge in [-0.15, -0.1) is 0 Å². The molecule has 120 valence electrons. The summed E-state index contributed by atoms with van der Waals surface area (Å²) in [7, 11) is 1.38. The van der Waals surface area contributed by atoms with E-state index in [2.05, 4.69) is 27.9 Å². The van der Waals surface area contributed by atoms with Crippen LogP contribution in [-0.4, -0.2) is 18.9 Å². The van der Waals surface area contributed by atoms with Crippen LogP contribution in [0.3, 0.4) is 0 Å². The zero-order valence-corrected chi connectivity index (χ0v) is 15.3. The van der Waals surface area contributed by atoms with Gasteiger partial charge in [0.15, 0.2) is 5.78 Å². The van der Waals surface area contributed by atoms with Gasteiger partial charge < -0.3 is 10.1 Å². The number of rotatable bonds is 2. The normalized spacial score (nSPS) is 21.0. The van der Waals surface area contributed by atoms with E-state index in [1.54, 1.807) is 0 Å². The molecule has 1 aromatic carbocycles. The standard InChI is InChI=1S/C18H18INO3/c1-10-15(18(22)23-2)16(11-6-8-12(19)9-7-11)17-13(20-10)4-3-5-14(17)21/h6-9,16,20H,3-5H2,1-2H3. The third kappa shape index (κ3) is 2.94. The fourth-order valence-electron chi connectivity index (χ4n) is 3.35. The average molecular weight is 423 g/mol. The first-order valence-electron chi connectivity index (χ1n) is 7.60. The lowest BCUT2D eigenvalue weighted by molar-refractivity contribution is -0.136. The van der Waals surface area contributed by atoms with Crippen molar-refractivity contribution in [3.8, 4) is 0 Å². The lowest BCUT2D eigenvalue weighted by Gasteiger charge is -2.34. The van der Waals surface area contributed by atoms with Crippen molar-refractivity contribution >= 4 is 34.3 Å². The minimum atomic E-state index is -0.386. The van der Waals surface area contributed by atoms with Gasteiger partial charge >= 0.3 is 5.97 Å². The molecule has 1 atom stereocenters. The van der Waals surface area contributed by atoms with Crippen LogP contribution in [0, 0.1) is 3.57 Å². The molecule has 0 fully saturated rings. The van der Waals surface area contributed by atoms with E-state index < -0.39 is 0 Å². The zero-order chi connectivity index (χ0) is 16.6. The molecule has 2 aliphatic rings. The van der Waals surface area contributed by atoms with Crippen LogP contribution in [0.15, 0.2) is 46.8 Å². The fourth-order valence-corrected chi connectivity index (χ4v) is 3.71. The lowest BCUT2D eigenvalue weighted by atomic mass is 9.75. The summed E-state index contributed by atoms with van der Waals surface area (Å²) in [4.78, 5) is 24.9. The maximum absolute atomic E-state index is 12.6. The van der Waals surface area contributed by atoms with Gasteiger partial charge in [-0.1, -0.05) is 12.1 Å². The summed E-state index contributed by atoms with van der Waals surface area (Å²) < 4.78 is 6.09. The highest BCUT2D eigenvalue weighted by molar-refractivity contribution is 14.1. The Balaban J connectivity index is 2.18. The van der Waals surface area contributed by atoms with Crippen LogP contribution in [0.4, 0.5) is 0 Å². The molecule has 5 heteroatoms. The Morgan fingerprint density at radius 1 is 1.26 bits per heavy atom.